The molecule has 1 aliphatic rings. The average Bonchev–Trinajstić information content (AvgIpc) is 2.84. The molecule has 0 spiro atoms. The van der Waals surface area contributed by atoms with Crippen molar-refractivity contribution in [3.05, 3.63) is 11.9 Å². The molecule has 94 valence electrons. The highest BCUT2D eigenvalue weighted by Crippen LogP contribution is 2.22. The van der Waals surface area contributed by atoms with Gasteiger partial charge in [-0.25, -0.2) is 9.97 Å². The Labute approximate surface area is 102 Å². The first kappa shape index (κ1) is 12.1. The van der Waals surface area contributed by atoms with Gasteiger partial charge in [0.05, 0.1) is 19.3 Å². The molecule has 1 aromatic rings. The molecule has 0 aliphatic carbocycles. The van der Waals surface area contributed by atoms with E-state index in [4.69, 9.17) is 9.47 Å². The molecule has 1 aromatic heterocycles. The van der Waals surface area contributed by atoms with Crippen LogP contribution in [-0.2, 0) is 0 Å². The molecule has 1 atom stereocenters. The van der Waals surface area contributed by atoms with E-state index in [0.29, 0.717) is 18.4 Å². The van der Waals surface area contributed by atoms with Gasteiger partial charge in [-0.05, 0) is 38.8 Å². The van der Waals surface area contributed by atoms with Crippen LogP contribution in [0.25, 0.3) is 0 Å². The Balaban J connectivity index is 1.85. The zero-order valence-corrected chi connectivity index (χ0v) is 10.4. The summed E-state index contributed by atoms with van der Waals surface area (Å²) in [6.07, 6.45) is 3.78. The summed E-state index contributed by atoms with van der Waals surface area (Å²) in [4.78, 5) is 8.14. The maximum atomic E-state index is 5.68. The Morgan fingerprint density at radius 1 is 1.41 bits per heavy atom. The normalized spacial score (nSPS) is 19.3. The van der Waals surface area contributed by atoms with Crippen LogP contribution in [0, 0.1) is 12.8 Å². The highest BCUT2D eigenvalue weighted by Gasteiger charge is 2.15. The van der Waals surface area contributed by atoms with Crippen LogP contribution in [0.5, 0.6) is 11.8 Å². The molecular weight excluding hydrogens is 218 g/mol. The maximum Gasteiger partial charge on any atom is 0.223 e. The smallest absolute Gasteiger partial charge is 0.223 e. The van der Waals surface area contributed by atoms with Gasteiger partial charge in [-0.2, -0.15) is 0 Å². The fourth-order valence-electron chi connectivity index (χ4n) is 2.05. The van der Waals surface area contributed by atoms with E-state index in [9.17, 15) is 0 Å². The second-order valence-corrected chi connectivity index (χ2v) is 4.31. The number of hydrogen-bond donors (Lipinski definition) is 1. The molecule has 0 radical (unpaired) electrons. The lowest BCUT2D eigenvalue weighted by Crippen LogP contribution is -2.12. The van der Waals surface area contributed by atoms with Crippen molar-refractivity contribution in [3.8, 4) is 11.8 Å². The Morgan fingerprint density at radius 2 is 2.24 bits per heavy atom. The highest BCUT2D eigenvalue weighted by molar-refractivity contribution is 5.32. The number of nitrogens with zero attached hydrogens (tertiary/aromatic N) is 2. The van der Waals surface area contributed by atoms with Crippen LogP contribution >= 0.6 is 0 Å². The van der Waals surface area contributed by atoms with Gasteiger partial charge in [0.2, 0.25) is 11.8 Å². The van der Waals surface area contributed by atoms with Crippen LogP contribution in [0.3, 0.4) is 0 Å². The molecule has 1 N–H and O–H groups in total. The van der Waals surface area contributed by atoms with Gasteiger partial charge >= 0.3 is 0 Å². The second-order valence-electron chi connectivity index (χ2n) is 4.31. The van der Waals surface area contributed by atoms with Crippen molar-refractivity contribution < 1.29 is 9.47 Å². The molecule has 5 heteroatoms. The van der Waals surface area contributed by atoms with Crippen molar-refractivity contribution in [2.24, 2.45) is 5.92 Å². The van der Waals surface area contributed by atoms with Crippen LogP contribution in [0.4, 0.5) is 0 Å². The van der Waals surface area contributed by atoms with E-state index in [-0.39, 0.29) is 0 Å². The Kier molecular flexibility index (Phi) is 4.14. The second kappa shape index (κ2) is 5.82. The van der Waals surface area contributed by atoms with Crippen molar-refractivity contribution in [3.63, 3.8) is 0 Å². The summed E-state index contributed by atoms with van der Waals surface area (Å²) in [6.45, 7) is 4.85. The monoisotopic (exact) mass is 237 g/mol. The highest BCUT2D eigenvalue weighted by atomic mass is 16.5. The van der Waals surface area contributed by atoms with E-state index in [0.717, 1.165) is 31.0 Å². The summed E-state index contributed by atoms with van der Waals surface area (Å²) in [6, 6.07) is 0. The van der Waals surface area contributed by atoms with Gasteiger partial charge in [-0.15, -0.1) is 0 Å². The van der Waals surface area contributed by atoms with Gasteiger partial charge < -0.3 is 14.8 Å². The molecule has 5 nitrogen and oxygen atoms in total. The van der Waals surface area contributed by atoms with Gasteiger partial charge in [0.25, 0.3) is 0 Å². The summed E-state index contributed by atoms with van der Waals surface area (Å²) in [5.41, 5.74) is 0.861. The zero-order chi connectivity index (χ0) is 12.1. The predicted octanol–water partition coefficient (Wildman–Crippen LogP) is 1.17. The molecule has 2 rings (SSSR count). The summed E-state index contributed by atoms with van der Waals surface area (Å²) >= 11 is 0. The fourth-order valence-corrected chi connectivity index (χ4v) is 2.05. The van der Waals surface area contributed by atoms with Gasteiger partial charge in [-0.3, -0.25) is 0 Å². The van der Waals surface area contributed by atoms with Crippen molar-refractivity contribution >= 4 is 0 Å². The number of rotatable bonds is 5. The predicted molar refractivity (Wildman–Crippen MR) is 64.4 cm³/mol. The van der Waals surface area contributed by atoms with E-state index < -0.39 is 0 Å². The summed E-state index contributed by atoms with van der Waals surface area (Å²) in [5.74, 6) is 1.94. The first-order valence-corrected chi connectivity index (χ1v) is 6.00. The molecule has 1 unspecified atom stereocenters. The van der Waals surface area contributed by atoms with Crippen molar-refractivity contribution in [1.82, 2.24) is 15.3 Å². The quantitative estimate of drug-likeness (QED) is 0.833. The third-order valence-electron chi connectivity index (χ3n) is 3.11. The minimum absolute atomic E-state index is 0.581. The van der Waals surface area contributed by atoms with Gasteiger partial charge in [0.1, 0.15) is 6.33 Å². The van der Waals surface area contributed by atoms with Crippen LogP contribution < -0.4 is 14.8 Å². The number of aromatic nitrogens is 2. The lowest BCUT2D eigenvalue weighted by atomic mass is 10.1. The topological polar surface area (TPSA) is 56.3 Å². The summed E-state index contributed by atoms with van der Waals surface area (Å²) < 4.78 is 10.8. The van der Waals surface area contributed by atoms with Crippen molar-refractivity contribution in [2.75, 3.05) is 26.8 Å². The lowest BCUT2D eigenvalue weighted by Gasteiger charge is -2.11. The van der Waals surface area contributed by atoms with E-state index in [1.807, 2.05) is 6.92 Å². The molecule has 1 saturated heterocycles. The SMILES string of the molecule is COc1ncnc(OCCC2CCNC2)c1C. The van der Waals surface area contributed by atoms with Crippen LogP contribution in [0.1, 0.15) is 18.4 Å². The van der Waals surface area contributed by atoms with E-state index in [1.54, 1.807) is 7.11 Å². The lowest BCUT2D eigenvalue weighted by molar-refractivity contribution is 0.268. The largest absolute Gasteiger partial charge is 0.481 e. The molecular formula is C12H19N3O2. The number of nitrogens with one attached hydrogen (secondary N) is 1. The fraction of sp³-hybridized carbons (Fsp3) is 0.667. The van der Waals surface area contributed by atoms with E-state index in [2.05, 4.69) is 15.3 Å². The maximum absolute atomic E-state index is 5.68. The van der Waals surface area contributed by atoms with Crippen molar-refractivity contribution in [2.45, 2.75) is 19.8 Å². The molecule has 2 heterocycles. The van der Waals surface area contributed by atoms with Crippen molar-refractivity contribution in [1.29, 1.82) is 0 Å². The van der Waals surface area contributed by atoms with Gasteiger partial charge in [-0.1, -0.05) is 0 Å². The molecule has 17 heavy (non-hydrogen) atoms. The molecule has 0 aromatic carbocycles. The molecule has 1 fully saturated rings. The Hall–Kier alpha value is -1.36. The number of ether oxygens (including phenoxy) is 2. The number of hydrogen-bond acceptors (Lipinski definition) is 5. The Bertz CT molecular complexity index is 365. The first-order chi connectivity index (χ1) is 8.31. The first-order valence-electron chi connectivity index (χ1n) is 6.00. The average molecular weight is 237 g/mol. The van der Waals surface area contributed by atoms with Crippen LogP contribution in [0.2, 0.25) is 0 Å². The summed E-state index contributed by atoms with van der Waals surface area (Å²) in [7, 11) is 1.60. The molecule has 0 bridgehead atoms. The zero-order valence-electron chi connectivity index (χ0n) is 10.4. The molecule has 1 aliphatic heterocycles. The van der Waals surface area contributed by atoms with Crippen LogP contribution in [-0.4, -0.2) is 36.8 Å². The molecule has 0 amide bonds. The minimum atomic E-state index is 0.581. The Morgan fingerprint density at radius 3 is 2.94 bits per heavy atom. The summed E-state index contributed by atoms with van der Waals surface area (Å²) in [5, 5.41) is 3.35. The molecule has 0 saturated carbocycles. The third-order valence-corrected chi connectivity index (χ3v) is 3.11. The standard InChI is InChI=1S/C12H19N3O2/c1-9-11(16-2)14-8-15-12(9)17-6-4-10-3-5-13-7-10/h8,10,13H,3-7H2,1-2H3. The van der Waals surface area contributed by atoms with E-state index >= 15 is 0 Å². The van der Waals surface area contributed by atoms with Crippen LogP contribution in [0.15, 0.2) is 6.33 Å². The van der Waals surface area contributed by atoms with E-state index in [1.165, 1.54) is 12.7 Å². The number of methoxy groups -OCH3 is 1. The third kappa shape index (κ3) is 3.06. The van der Waals surface area contributed by atoms with Gasteiger partial charge in [0, 0.05) is 0 Å². The van der Waals surface area contributed by atoms with Gasteiger partial charge in [0.15, 0.2) is 0 Å². The minimum Gasteiger partial charge on any atom is -0.481 e.